The van der Waals surface area contributed by atoms with Gasteiger partial charge in [-0.15, -0.1) is 3.89 Å². The summed E-state index contributed by atoms with van der Waals surface area (Å²) >= 11 is 0. The van der Waals surface area contributed by atoms with Crippen molar-refractivity contribution < 1.29 is 26.2 Å². The first-order valence-electron chi connectivity index (χ1n) is 3.69. The van der Waals surface area contributed by atoms with E-state index in [0.29, 0.717) is 12.1 Å². The third kappa shape index (κ3) is 2.50. The van der Waals surface area contributed by atoms with Crippen LogP contribution >= 0.6 is 0 Å². The molecule has 1 aromatic rings. The second kappa shape index (κ2) is 3.93. The minimum atomic E-state index is -5.18. The second-order valence-electron chi connectivity index (χ2n) is 2.57. The summed E-state index contributed by atoms with van der Waals surface area (Å²) in [6.07, 6.45) is 0. The molecule has 0 saturated carbocycles. The standard InChI is InChI=1S/C8H6F2O4S/c1-14-8(11)5-2-3-6(9)7(4-5)15(10,12)13/h2-4H,1H3. The largest absolute Gasteiger partial charge is 0.465 e. The number of rotatable bonds is 2. The molecule has 0 amide bonds. The molecule has 0 spiro atoms. The van der Waals surface area contributed by atoms with Crippen molar-refractivity contribution in [3.05, 3.63) is 29.6 Å². The predicted octanol–water partition coefficient (Wildman–Crippen LogP) is 1.27. The molecule has 1 aromatic carbocycles. The molecule has 0 saturated heterocycles. The van der Waals surface area contributed by atoms with E-state index in [1.165, 1.54) is 0 Å². The molecule has 4 nitrogen and oxygen atoms in total. The Balaban J connectivity index is 3.36. The number of carbonyl (C=O) groups is 1. The number of carbonyl (C=O) groups excluding carboxylic acids is 1. The lowest BCUT2D eigenvalue weighted by molar-refractivity contribution is 0.0600. The van der Waals surface area contributed by atoms with E-state index in [1.807, 2.05) is 0 Å². The van der Waals surface area contributed by atoms with Gasteiger partial charge < -0.3 is 4.74 Å². The molecule has 0 bridgehead atoms. The maximum absolute atomic E-state index is 12.9. The minimum absolute atomic E-state index is 0.241. The quantitative estimate of drug-likeness (QED) is 0.573. The minimum Gasteiger partial charge on any atom is -0.465 e. The summed E-state index contributed by atoms with van der Waals surface area (Å²) in [6, 6.07) is 2.26. The number of hydrogen-bond donors (Lipinski definition) is 0. The van der Waals surface area contributed by atoms with Crippen LogP contribution in [0.3, 0.4) is 0 Å². The fraction of sp³-hybridized carbons (Fsp3) is 0.125. The van der Waals surface area contributed by atoms with E-state index >= 15 is 0 Å². The van der Waals surface area contributed by atoms with Crippen LogP contribution in [0.2, 0.25) is 0 Å². The Morgan fingerprint density at radius 1 is 1.40 bits per heavy atom. The van der Waals surface area contributed by atoms with Gasteiger partial charge in [0.1, 0.15) is 10.7 Å². The maximum Gasteiger partial charge on any atom is 0.337 e. The predicted molar refractivity (Wildman–Crippen MR) is 46.0 cm³/mol. The van der Waals surface area contributed by atoms with Crippen LogP contribution in [0.15, 0.2) is 23.1 Å². The molecule has 0 aliphatic heterocycles. The summed E-state index contributed by atoms with van der Waals surface area (Å²) < 4.78 is 50.6. The second-order valence-corrected chi connectivity index (χ2v) is 3.89. The van der Waals surface area contributed by atoms with Crippen LogP contribution in [-0.4, -0.2) is 21.5 Å². The zero-order valence-corrected chi connectivity index (χ0v) is 8.35. The smallest absolute Gasteiger partial charge is 0.337 e. The Morgan fingerprint density at radius 2 is 2.00 bits per heavy atom. The third-order valence-electron chi connectivity index (χ3n) is 1.61. The van der Waals surface area contributed by atoms with Gasteiger partial charge in [-0.1, -0.05) is 0 Å². The number of halogens is 2. The zero-order valence-electron chi connectivity index (χ0n) is 7.53. The van der Waals surface area contributed by atoms with E-state index in [0.717, 1.165) is 13.2 Å². The SMILES string of the molecule is COC(=O)c1ccc(F)c(S(=O)(=O)F)c1. The molecule has 0 heterocycles. The average Bonchev–Trinajstić information content (AvgIpc) is 2.15. The van der Waals surface area contributed by atoms with Crippen molar-refractivity contribution in [3.8, 4) is 0 Å². The lowest BCUT2D eigenvalue weighted by Crippen LogP contribution is -2.04. The topological polar surface area (TPSA) is 60.4 Å². The normalized spacial score (nSPS) is 11.1. The van der Waals surface area contributed by atoms with Crippen molar-refractivity contribution in [2.75, 3.05) is 7.11 Å². The lowest BCUT2D eigenvalue weighted by Gasteiger charge is -2.01. The van der Waals surface area contributed by atoms with Gasteiger partial charge in [0.25, 0.3) is 0 Å². The van der Waals surface area contributed by atoms with E-state index in [1.54, 1.807) is 0 Å². The summed E-state index contributed by atoms with van der Waals surface area (Å²) in [4.78, 5) is 9.77. The van der Waals surface area contributed by atoms with Crippen molar-refractivity contribution in [1.82, 2.24) is 0 Å². The third-order valence-corrected chi connectivity index (χ3v) is 2.45. The van der Waals surface area contributed by atoms with E-state index in [2.05, 4.69) is 4.74 Å². The summed E-state index contributed by atoms with van der Waals surface area (Å²) in [5, 5.41) is 0. The molecule has 15 heavy (non-hydrogen) atoms. The molecule has 0 unspecified atom stereocenters. The Bertz CT molecular complexity index is 495. The highest BCUT2D eigenvalue weighted by atomic mass is 32.3. The van der Waals surface area contributed by atoms with Crippen LogP contribution in [0.5, 0.6) is 0 Å². The van der Waals surface area contributed by atoms with E-state index in [-0.39, 0.29) is 5.56 Å². The van der Waals surface area contributed by atoms with E-state index in [4.69, 9.17) is 0 Å². The average molecular weight is 236 g/mol. The van der Waals surface area contributed by atoms with Crippen LogP contribution in [0, 0.1) is 5.82 Å². The number of ether oxygens (including phenoxy) is 1. The maximum atomic E-state index is 12.9. The summed E-state index contributed by atoms with van der Waals surface area (Å²) in [5.41, 5.74) is -0.241. The molecule has 0 aromatic heterocycles. The van der Waals surface area contributed by atoms with Crippen LogP contribution in [-0.2, 0) is 15.0 Å². The number of esters is 1. The molecule has 0 N–H and O–H groups in total. The summed E-state index contributed by atoms with van der Waals surface area (Å²) in [7, 11) is -4.12. The van der Waals surface area contributed by atoms with Gasteiger partial charge in [0.2, 0.25) is 0 Å². The highest BCUT2D eigenvalue weighted by molar-refractivity contribution is 7.86. The Hall–Kier alpha value is -1.50. The monoisotopic (exact) mass is 236 g/mol. The van der Waals surface area contributed by atoms with Gasteiger partial charge in [-0.2, -0.15) is 8.42 Å². The van der Waals surface area contributed by atoms with Gasteiger partial charge >= 0.3 is 16.2 Å². The summed E-state index contributed by atoms with van der Waals surface area (Å²) in [6.45, 7) is 0. The van der Waals surface area contributed by atoms with Gasteiger partial charge in [0.05, 0.1) is 12.7 Å². The first-order valence-corrected chi connectivity index (χ1v) is 5.07. The van der Waals surface area contributed by atoms with Crippen LogP contribution in [0.25, 0.3) is 0 Å². The van der Waals surface area contributed by atoms with Crippen molar-refractivity contribution in [2.45, 2.75) is 4.90 Å². The van der Waals surface area contributed by atoms with Crippen molar-refractivity contribution in [3.63, 3.8) is 0 Å². The number of methoxy groups -OCH3 is 1. The lowest BCUT2D eigenvalue weighted by atomic mass is 10.2. The molecular formula is C8H6F2O4S. The molecule has 7 heteroatoms. The van der Waals surface area contributed by atoms with Crippen molar-refractivity contribution >= 4 is 16.2 Å². The van der Waals surface area contributed by atoms with Gasteiger partial charge in [0.15, 0.2) is 0 Å². The molecule has 0 atom stereocenters. The highest BCUT2D eigenvalue weighted by Gasteiger charge is 2.20. The van der Waals surface area contributed by atoms with Gasteiger partial charge in [-0.3, -0.25) is 0 Å². The van der Waals surface area contributed by atoms with E-state index < -0.39 is 26.9 Å². The van der Waals surface area contributed by atoms with Gasteiger partial charge in [-0.05, 0) is 18.2 Å². The Labute approximate surface area is 84.7 Å². The molecule has 0 radical (unpaired) electrons. The van der Waals surface area contributed by atoms with Gasteiger partial charge in [-0.25, -0.2) is 9.18 Å². The number of benzene rings is 1. The first kappa shape index (κ1) is 11.6. The molecule has 0 aliphatic carbocycles. The fourth-order valence-electron chi connectivity index (χ4n) is 0.935. The first-order chi connectivity index (χ1) is 6.86. The molecule has 0 aliphatic rings. The van der Waals surface area contributed by atoms with E-state index in [9.17, 15) is 21.5 Å². The van der Waals surface area contributed by atoms with Crippen LogP contribution < -0.4 is 0 Å². The molecule has 0 fully saturated rings. The van der Waals surface area contributed by atoms with Crippen molar-refractivity contribution in [2.24, 2.45) is 0 Å². The summed E-state index contributed by atoms with van der Waals surface area (Å²) in [5.74, 6) is -2.13. The zero-order chi connectivity index (χ0) is 11.6. The Morgan fingerprint density at radius 3 is 2.47 bits per heavy atom. The molecule has 1 rings (SSSR count). The molecular weight excluding hydrogens is 230 g/mol. The molecule has 82 valence electrons. The Kier molecular flexibility index (Phi) is 3.04. The van der Waals surface area contributed by atoms with Crippen molar-refractivity contribution in [1.29, 1.82) is 0 Å². The van der Waals surface area contributed by atoms with Gasteiger partial charge in [0, 0.05) is 0 Å². The fourth-order valence-corrected chi connectivity index (χ4v) is 1.50. The van der Waals surface area contributed by atoms with Crippen LogP contribution in [0.1, 0.15) is 10.4 Å². The van der Waals surface area contributed by atoms with Crippen LogP contribution in [0.4, 0.5) is 8.28 Å². The number of hydrogen-bond acceptors (Lipinski definition) is 4. The highest BCUT2D eigenvalue weighted by Crippen LogP contribution is 2.18.